The number of nitrogens with zero attached hydrogens (tertiary/aromatic N) is 1. The first-order valence-electron chi connectivity index (χ1n) is 10.5. The van der Waals surface area contributed by atoms with E-state index in [1.807, 2.05) is 30.3 Å². The van der Waals surface area contributed by atoms with Gasteiger partial charge in [0.1, 0.15) is 6.04 Å². The van der Waals surface area contributed by atoms with Crippen molar-refractivity contribution in [2.24, 2.45) is 5.92 Å². The molecule has 1 heterocycles. The zero-order valence-corrected chi connectivity index (χ0v) is 16.6. The van der Waals surface area contributed by atoms with Crippen LogP contribution in [0.25, 0.3) is 0 Å². The maximum absolute atomic E-state index is 12.6. The number of hydrogen-bond donors (Lipinski definition) is 3. The second-order valence-corrected chi connectivity index (χ2v) is 8.14. The third kappa shape index (κ3) is 5.35. The van der Waals surface area contributed by atoms with Gasteiger partial charge in [-0.2, -0.15) is 0 Å². The summed E-state index contributed by atoms with van der Waals surface area (Å²) in [4.78, 5) is 37.7. The highest BCUT2D eigenvalue weighted by Crippen LogP contribution is 2.32. The largest absolute Gasteiger partial charge is 0.481 e. The summed E-state index contributed by atoms with van der Waals surface area (Å²) in [6, 6.07) is 8.03. The van der Waals surface area contributed by atoms with E-state index >= 15 is 0 Å². The third-order valence-corrected chi connectivity index (χ3v) is 6.23. The molecule has 0 spiro atoms. The highest BCUT2D eigenvalue weighted by atomic mass is 16.4. The number of aliphatic carboxylic acids is 1. The van der Waals surface area contributed by atoms with E-state index in [2.05, 4.69) is 5.32 Å². The molecule has 158 valence electrons. The molecule has 3 rings (SSSR count). The Hall–Kier alpha value is -2.41. The Morgan fingerprint density at radius 2 is 1.79 bits per heavy atom. The fraction of sp³-hybridized carbons (Fsp3) is 0.591. The van der Waals surface area contributed by atoms with Crippen LogP contribution in [-0.4, -0.2) is 51.7 Å². The van der Waals surface area contributed by atoms with Gasteiger partial charge in [-0.25, -0.2) is 4.79 Å². The number of carboxylic acids is 1. The van der Waals surface area contributed by atoms with Crippen LogP contribution in [0.1, 0.15) is 62.8 Å². The van der Waals surface area contributed by atoms with Crippen molar-refractivity contribution in [1.29, 1.82) is 0 Å². The highest BCUT2D eigenvalue weighted by Gasteiger charge is 2.43. The smallest absolute Gasteiger partial charge is 0.324 e. The summed E-state index contributed by atoms with van der Waals surface area (Å²) >= 11 is 0. The molecule has 1 saturated heterocycles. The standard InChI is InChI=1S/C22H30N2O5/c25-18(16-9-5-2-6-10-16)13-14-24-20(21(28)23-22(24)29)17(11-12-19(26)27)15-7-3-1-4-8-15/h1,3-4,7-8,16-18,20,25H,2,5-6,9-14H2,(H,26,27)(H,23,28,29). The number of aliphatic hydroxyl groups is 1. The summed E-state index contributed by atoms with van der Waals surface area (Å²) in [7, 11) is 0. The molecule has 0 radical (unpaired) electrons. The van der Waals surface area contributed by atoms with Crippen molar-refractivity contribution in [1.82, 2.24) is 10.2 Å². The summed E-state index contributed by atoms with van der Waals surface area (Å²) < 4.78 is 0. The average Bonchev–Trinajstić information content (AvgIpc) is 3.00. The predicted octanol–water partition coefficient (Wildman–Crippen LogP) is 2.89. The first kappa shape index (κ1) is 21.3. The van der Waals surface area contributed by atoms with Crippen molar-refractivity contribution in [3.05, 3.63) is 35.9 Å². The van der Waals surface area contributed by atoms with Gasteiger partial charge >= 0.3 is 12.0 Å². The van der Waals surface area contributed by atoms with Gasteiger partial charge in [-0.15, -0.1) is 0 Å². The summed E-state index contributed by atoms with van der Waals surface area (Å²) in [5.74, 6) is -1.50. The molecule has 3 N–H and O–H groups in total. The first-order valence-corrected chi connectivity index (χ1v) is 10.5. The van der Waals surface area contributed by atoms with Gasteiger partial charge in [0.25, 0.3) is 5.91 Å². The van der Waals surface area contributed by atoms with Crippen molar-refractivity contribution in [3.63, 3.8) is 0 Å². The van der Waals surface area contributed by atoms with Gasteiger partial charge in [0.15, 0.2) is 0 Å². The lowest BCUT2D eigenvalue weighted by atomic mass is 9.83. The van der Waals surface area contributed by atoms with Crippen LogP contribution in [0.2, 0.25) is 0 Å². The number of urea groups is 1. The van der Waals surface area contributed by atoms with E-state index < -0.39 is 36.0 Å². The van der Waals surface area contributed by atoms with Crippen LogP contribution in [-0.2, 0) is 9.59 Å². The number of carbonyl (C=O) groups is 3. The molecule has 1 aliphatic heterocycles. The van der Waals surface area contributed by atoms with E-state index in [-0.39, 0.29) is 25.3 Å². The van der Waals surface area contributed by atoms with E-state index in [1.54, 1.807) is 0 Å². The van der Waals surface area contributed by atoms with Crippen molar-refractivity contribution >= 4 is 17.9 Å². The molecule has 1 aliphatic carbocycles. The molecule has 1 saturated carbocycles. The topological polar surface area (TPSA) is 107 Å². The minimum absolute atomic E-state index is 0.0872. The highest BCUT2D eigenvalue weighted by molar-refractivity contribution is 6.04. The van der Waals surface area contributed by atoms with Crippen LogP contribution in [0.4, 0.5) is 4.79 Å². The summed E-state index contributed by atoms with van der Waals surface area (Å²) in [5, 5.41) is 22.1. The summed E-state index contributed by atoms with van der Waals surface area (Å²) in [6.45, 7) is 0.274. The Morgan fingerprint density at radius 3 is 2.45 bits per heavy atom. The third-order valence-electron chi connectivity index (χ3n) is 6.23. The molecule has 3 unspecified atom stereocenters. The fourth-order valence-electron chi connectivity index (χ4n) is 4.67. The number of amides is 3. The maximum Gasteiger partial charge on any atom is 0.324 e. The lowest BCUT2D eigenvalue weighted by Crippen LogP contribution is -2.42. The van der Waals surface area contributed by atoms with E-state index in [1.165, 1.54) is 11.3 Å². The average molecular weight is 402 g/mol. The molecule has 1 aromatic rings. The van der Waals surface area contributed by atoms with Gasteiger partial charge in [0, 0.05) is 18.9 Å². The Kier molecular flexibility index (Phi) is 7.25. The molecule has 3 atom stereocenters. The van der Waals surface area contributed by atoms with Gasteiger partial charge in [-0.3, -0.25) is 14.9 Å². The number of carboxylic acid groups (broad SMARTS) is 1. The first-order chi connectivity index (χ1) is 14.0. The van der Waals surface area contributed by atoms with Crippen LogP contribution in [0, 0.1) is 5.92 Å². The van der Waals surface area contributed by atoms with Crippen LogP contribution >= 0.6 is 0 Å². The van der Waals surface area contributed by atoms with Gasteiger partial charge in [0.2, 0.25) is 0 Å². The number of carbonyl (C=O) groups excluding carboxylic acids is 2. The van der Waals surface area contributed by atoms with Gasteiger partial charge in [-0.1, -0.05) is 49.6 Å². The molecule has 0 bridgehead atoms. The molecule has 7 nitrogen and oxygen atoms in total. The molecule has 3 amide bonds. The second kappa shape index (κ2) is 9.87. The van der Waals surface area contributed by atoms with E-state index in [0.717, 1.165) is 31.2 Å². The number of rotatable bonds is 9. The minimum Gasteiger partial charge on any atom is -0.481 e. The lowest BCUT2D eigenvalue weighted by molar-refractivity contribution is -0.137. The van der Waals surface area contributed by atoms with E-state index in [9.17, 15) is 19.5 Å². The molecule has 1 aromatic carbocycles. The van der Waals surface area contributed by atoms with Gasteiger partial charge in [0.05, 0.1) is 6.10 Å². The van der Waals surface area contributed by atoms with Gasteiger partial charge in [-0.05, 0) is 37.2 Å². The quantitative estimate of drug-likeness (QED) is 0.551. The van der Waals surface area contributed by atoms with Crippen molar-refractivity contribution in [2.45, 2.75) is 69.4 Å². The second-order valence-electron chi connectivity index (χ2n) is 8.14. The number of hydrogen-bond acceptors (Lipinski definition) is 4. The molecular formula is C22H30N2O5. The Bertz CT molecular complexity index is 717. The predicted molar refractivity (Wildman–Crippen MR) is 107 cm³/mol. The van der Waals surface area contributed by atoms with Crippen LogP contribution in [0.3, 0.4) is 0 Å². The summed E-state index contributed by atoms with van der Waals surface area (Å²) in [6.07, 6.45) is 5.55. The number of imide groups is 1. The van der Waals surface area contributed by atoms with Crippen LogP contribution in [0.15, 0.2) is 30.3 Å². The zero-order valence-electron chi connectivity index (χ0n) is 16.6. The minimum atomic E-state index is -0.935. The summed E-state index contributed by atoms with van der Waals surface area (Å²) in [5.41, 5.74) is 0.835. The monoisotopic (exact) mass is 402 g/mol. The Balaban J connectivity index is 1.74. The fourth-order valence-corrected chi connectivity index (χ4v) is 4.67. The maximum atomic E-state index is 12.6. The number of nitrogens with one attached hydrogen (secondary N) is 1. The molecule has 7 heteroatoms. The van der Waals surface area contributed by atoms with Crippen molar-refractivity contribution in [3.8, 4) is 0 Å². The molecule has 2 aliphatic rings. The normalized spacial score (nSPS) is 22.4. The SMILES string of the molecule is O=C(O)CCC(c1ccccc1)C1C(=O)NC(=O)N1CCC(O)C1CCCCC1. The number of aliphatic hydroxyl groups excluding tert-OH is 1. The van der Waals surface area contributed by atoms with E-state index in [4.69, 9.17) is 5.11 Å². The lowest BCUT2D eigenvalue weighted by Gasteiger charge is -2.31. The molecular weight excluding hydrogens is 372 g/mol. The van der Waals surface area contributed by atoms with Crippen LogP contribution in [0.5, 0.6) is 0 Å². The van der Waals surface area contributed by atoms with Crippen molar-refractivity contribution in [2.75, 3.05) is 6.54 Å². The Labute approximate surface area is 171 Å². The van der Waals surface area contributed by atoms with Gasteiger partial charge < -0.3 is 15.1 Å². The number of benzene rings is 1. The van der Waals surface area contributed by atoms with Crippen molar-refractivity contribution < 1.29 is 24.6 Å². The zero-order chi connectivity index (χ0) is 20.8. The molecule has 0 aromatic heterocycles. The molecule has 29 heavy (non-hydrogen) atoms. The van der Waals surface area contributed by atoms with E-state index in [0.29, 0.717) is 6.42 Å². The van der Waals surface area contributed by atoms with Crippen LogP contribution < -0.4 is 5.32 Å². The Morgan fingerprint density at radius 1 is 1.10 bits per heavy atom. The molecule has 2 fully saturated rings.